The fraction of sp³-hybridized carbons (Fsp3) is 0.308. The number of aliphatic imine (C=N–C) groups is 1. The lowest BCUT2D eigenvalue weighted by atomic mass is 10.4. The van der Waals surface area contributed by atoms with Crippen molar-refractivity contribution in [2.24, 2.45) is 4.99 Å². The van der Waals surface area contributed by atoms with Crippen LogP contribution in [0, 0.1) is 0 Å². The van der Waals surface area contributed by atoms with Crippen LogP contribution in [0.2, 0.25) is 0 Å². The van der Waals surface area contributed by atoms with Gasteiger partial charge in [-0.25, -0.2) is 8.42 Å². The fourth-order valence-electron chi connectivity index (χ4n) is 1.45. The molecule has 0 bridgehead atoms. The molecule has 0 saturated heterocycles. The van der Waals surface area contributed by atoms with E-state index in [1.54, 1.807) is 37.4 Å². The van der Waals surface area contributed by atoms with E-state index in [1.807, 2.05) is 0 Å². The van der Waals surface area contributed by atoms with Crippen molar-refractivity contribution in [3.05, 3.63) is 41.4 Å². The van der Waals surface area contributed by atoms with E-state index in [9.17, 15) is 8.42 Å². The van der Waals surface area contributed by atoms with E-state index in [-0.39, 0.29) is 12.3 Å². The zero-order valence-corrected chi connectivity index (χ0v) is 13.7. The molecular weight excluding hydrogens is 342 g/mol. The van der Waals surface area contributed by atoms with Gasteiger partial charge in [-0.1, -0.05) is 22.0 Å². The second-order valence-corrected chi connectivity index (χ2v) is 6.97. The molecule has 0 aliphatic carbocycles. The Morgan fingerprint density at radius 3 is 2.55 bits per heavy atom. The van der Waals surface area contributed by atoms with Crippen molar-refractivity contribution < 1.29 is 8.42 Å². The average molecular weight is 360 g/mol. The Balaban J connectivity index is 2.55. The molecule has 7 heteroatoms. The van der Waals surface area contributed by atoms with Gasteiger partial charge in [0.2, 0.25) is 0 Å². The van der Waals surface area contributed by atoms with E-state index >= 15 is 0 Å². The number of halogens is 1. The molecule has 1 aromatic carbocycles. The minimum atomic E-state index is -3.29. The SMILES string of the molecule is C=CCNC(=NC)NCCS(=O)(=O)c1ccc(Br)cc1. The van der Waals surface area contributed by atoms with Gasteiger partial charge in [0.25, 0.3) is 0 Å². The first-order valence-corrected chi connectivity index (χ1v) is 8.48. The Morgan fingerprint density at radius 1 is 1.35 bits per heavy atom. The van der Waals surface area contributed by atoms with Crippen molar-refractivity contribution in [1.82, 2.24) is 10.6 Å². The van der Waals surface area contributed by atoms with Gasteiger partial charge in [0, 0.05) is 24.6 Å². The second-order valence-electron chi connectivity index (χ2n) is 3.94. The van der Waals surface area contributed by atoms with Crippen LogP contribution in [0.5, 0.6) is 0 Å². The van der Waals surface area contributed by atoms with Crippen molar-refractivity contribution in [1.29, 1.82) is 0 Å². The number of benzene rings is 1. The third kappa shape index (κ3) is 5.34. The first-order valence-electron chi connectivity index (χ1n) is 6.03. The van der Waals surface area contributed by atoms with Crippen molar-refractivity contribution in [3.8, 4) is 0 Å². The maximum Gasteiger partial charge on any atom is 0.191 e. The molecule has 0 amide bonds. The lowest BCUT2D eigenvalue weighted by Crippen LogP contribution is -2.39. The van der Waals surface area contributed by atoms with Crippen LogP contribution in [0.15, 0.2) is 51.3 Å². The molecule has 0 aliphatic rings. The third-order valence-corrected chi connectivity index (χ3v) is 4.73. The Morgan fingerprint density at radius 2 is 2.00 bits per heavy atom. The van der Waals surface area contributed by atoms with Gasteiger partial charge in [-0.2, -0.15) is 0 Å². The predicted molar refractivity (Wildman–Crippen MR) is 85.8 cm³/mol. The molecule has 0 fully saturated rings. The van der Waals surface area contributed by atoms with Crippen molar-refractivity contribution in [3.63, 3.8) is 0 Å². The molecule has 0 atom stereocenters. The summed E-state index contributed by atoms with van der Waals surface area (Å²) in [5.74, 6) is 0.555. The molecular formula is C13H18BrN3O2S. The number of nitrogens with zero attached hydrogens (tertiary/aromatic N) is 1. The van der Waals surface area contributed by atoms with Crippen molar-refractivity contribution in [2.45, 2.75) is 4.90 Å². The number of hydrogen-bond donors (Lipinski definition) is 2. The van der Waals surface area contributed by atoms with Gasteiger partial charge in [0.05, 0.1) is 10.6 Å². The lowest BCUT2D eigenvalue weighted by molar-refractivity contribution is 0.594. The first-order chi connectivity index (χ1) is 9.49. The topological polar surface area (TPSA) is 70.6 Å². The van der Waals surface area contributed by atoms with Crippen LogP contribution >= 0.6 is 15.9 Å². The number of guanidine groups is 1. The average Bonchev–Trinajstić information content (AvgIpc) is 2.43. The second kappa shape index (κ2) is 8.06. The van der Waals surface area contributed by atoms with Crippen LogP contribution in [-0.4, -0.2) is 40.3 Å². The Bertz CT molecular complexity index is 568. The monoisotopic (exact) mass is 359 g/mol. The van der Waals surface area contributed by atoms with Crippen LogP contribution in [0.1, 0.15) is 0 Å². The van der Waals surface area contributed by atoms with Gasteiger partial charge in [0.1, 0.15) is 0 Å². The van der Waals surface area contributed by atoms with Crippen molar-refractivity contribution in [2.75, 3.05) is 25.9 Å². The molecule has 0 heterocycles. The highest BCUT2D eigenvalue weighted by Crippen LogP contribution is 2.15. The summed E-state index contributed by atoms with van der Waals surface area (Å²) in [6.45, 7) is 4.44. The minimum Gasteiger partial charge on any atom is -0.355 e. The molecule has 0 radical (unpaired) electrons. The van der Waals surface area contributed by atoms with Crippen LogP contribution < -0.4 is 10.6 Å². The molecule has 0 spiro atoms. The zero-order chi connectivity index (χ0) is 15.0. The van der Waals surface area contributed by atoms with Crippen molar-refractivity contribution >= 4 is 31.7 Å². The van der Waals surface area contributed by atoms with Gasteiger partial charge >= 0.3 is 0 Å². The maximum atomic E-state index is 12.1. The van der Waals surface area contributed by atoms with E-state index in [4.69, 9.17) is 0 Å². The predicted octanol–water partition coefficient (Wildman–Crippen LogP) is 1.57. The van der Waals surface area contributed by atoms with E-state index in [2.05, 4.69) is 38.1 Å². The molecule has 0 aromatic heterocycles. The normalized spacial score (nSPS) is 12.0. The third-order valence-electron chi connectivity index (χ3n) is 2.47. The molecule has 0 saturated carbocycles. The summed E-state index contributed by atoms with van der Waals surface area (Å²) in [7, 11) is -1.66. The number of hydrogen-bond acceptors (Lipinski definition) is 3. The molecule has 1 aromatic rings. The Hall–Kier alpha value is -1.34. The van der Waals surface area contributed by atoms with Crippen LogP contribution in [0.3, 0.4) is 0 Å². The van der Waals surface area contributed by atoms with Crippen LogP contribution in [0.4, 0.5) is 0 Å². The minimum absolute atomic E-state index is 0.00339. The fourth-order valence-corrected chi connectivity index (χ4v) is 2.87. The number of rotatable bonds is 6. The summed E-state index contributed by atoms with van der Waals surface area (Å²) in [4.78, 5) is 4.29. The highest BCUT2D eigenvalue weighted by molar-refractivity contribution is 9.10. The summed E-state index contributed by atoms with van der Waals surface area (Å²) >= 11 is 3.28. The molecule has 0 aliphatic heterocycles. The molecule has 20 heavy (non-hydrogen) atoms. The number of nitrogens with one attached hydrogen (secondary N) is 2. The van der Waals surface area contributed by atoms with Gasteiger partial charge in [-0.15, -0.1) is 6.58 Å². The summed E-state index contributed by atoms with van der Waals surface area (Å²) in [6, 6.07) is 6.60. The molecule has 1 rings (SSSR count). The summed E-state index contributed by atoms with van der Waals surface area (Å²) in [5, 5.41) is 5.92. The highest BCUT2D eigenvalue weighted by Gasteiger charge is 2.13. The number of sulfone groups is 1. The molecule has 5 nitrogen and oxygen atoms in total. The van der Waals surface area contributed by atoms with Gasteiger partial charge in [-0.3, -0.25) is 4.99 Å². The lowest BCUT2D eigenvalue weighted by Gasteiger charge is -2.10. The highest BCUT2D eigenvalue weighted by atomic mass is 79.9. The summed E-state index contributed by atoms with van der Waals surface area (Å²) in [6.07, 6.45) is 1.70. The molecule has 110 valence electrons. The van der Waals surface area contributed by atoms with Crippen LogP contribution in [0.25, 0.3) is 0 Å². The Labute approximate surface area is 128 Å². The van der Waals surface area contributed by atoms with Gasteiger partial charge < -0.3 is 10.6 Å². The Kier molecular flexibility index (Phi) is 6.74. The standard InChI is InChI=1S/C13H18BrN3O2S/c1-3-8-16-13(15-2)17-9-10-20(18,19)12-6-4-11(14)5-7-12/h3-7H,1,8-10H2,2H3,(H2,15,16,17). The van der Waals surface area contributed by atoms with E-state index in [0.717, 1.165) is 4.47 Å². The first kappa shape index (κ1) is 16.7. The zero-order valence-electron chi connectivity index (χ0n) is 11.3. The largest absolute Gasteiger partial charge is 0.355 e. The summed E-state index contributed by atoms with van der Waals surface area (Å²) in [5.41, 5.74) is 0. The van der Waals surface area contributed by atoms with Gasteiger partial charge in [0.15, 0.2) is 15.8 Å². The van der Waals surface area contributed by atoms with Gasteiger partial charge in [-0.05, 0) is 24.3 Å². The van der Waals surface area contributed by atoms with E-state index < -0.39 is 9.84 Å². The molecule has 2 N–H and O–H groups in total. The smallest absolute Gasteiger partial charge is 0.191 e. The maximum absolute atomic E-state index is 12.1. The van der Waals surface area contributed by atoms with E-state index in [0.29, 0.717) is 17.4 Å². The van der Waals surface area contributed by atoms with E-state index in [1.165, 1.54) is 0 Å². The van der Waals surface area contributed by atoms with Crippen LogP contribution in [-0.2, 0) is 9.84 Å². The summed E-state index contributed by atoms with van der Waals surface area (Å²) < 4.78 is 25.0. The molecule has 0 unspecified atom stereocenters. The quantitative estimate of drug-likeness (QED) is 0.459.